The second-order valence-corrected chi connectivity index (χ2v) is 3.84. The molecule has 0 radical (unpaired) electrons. The monoisotopic (exact) mass is 200 g/mol. The van der Waals surface area contributed by atoms with E-state index in [0.717, 1.165) is 20.0 Å². The zero-order chi connectivity index (χ0) is 7.84. The van der Waals surface area contributed by atoms with E-state index in [-0.39, 0.29) is 0 Å². The van der Waals surface area contributed by atoms with Crippen LogP contribution >= 0.6 is 36.8 Å². The first-order chi connectivity index (χ1) is 5.27. The zero-order valence-electron chi connectivity index (χ0n) is 5.35. The fraction of sp³-hybridized carbons (Fsp3) is 0. The van der Waals surface area contributed by atoms with E-state index in [9.17, 15) is 0 Å². The SMILES string of the molecule is Sc1cc(S)c2snnc2c1. The van der Waals surface area contributed by atoms with Gasteiger partial charge in [-0.3, -0.25) is 0 Å². The van der Waals surface area contributed by atoms with Crippen molar-refractivity contribution in [3.05, 3.63) is 12.1 Å². The molecule has 11 heavy (non-hydrogen) atoms. The van der Waals surface area contributed by atoms with E-state index in [1.54, 1.807) is 0 Å². The molecule has 0 spiro atoms. The third-order valence-electron chi connectivity index (χ3n) is 1.32. The number of thiol groups is 2. The van der Waals surface area contributed by atoms with Crippen LogP contribution in [0.1, 0.15) is 0 Å². The second-order valence-electron chi connectivity index (χ2n) is 2.09. The van der Waals surface area contributed by atoms with Gasteiger partial charge in [0.05, 0.1) is 4.70 Å². The zero-order valence-corrected chi connectivity index (χ0v) is 7.96. The van der Waals surface area contributed by atoms with Crippen LogP contribution < -0.4 is 0 Å². The Morgan fingerprint density at radius 3 is 2.91 bits per heavy atom. The average molecular weight is 200 g/mol. The summed E-state index contributed by atoms with van der Waals surface area (Å²) in [4.78, 5) is 1.76. The van der Waals surface area contributed by atoms with E-state index >= 15 is 0 Å². The summed E-state index contributed by atoms with van der Waals surface area (Å²) in [7, 11) is 0. The molecule has 5 heteroatoms. The van der Waals surface area contributed by atoms with Crippen molar-refractivity contribution in [3.8, 4) is 0 Å². The third-order valence-corrected chi connectivity index (χ3v) is 2.85. The summed E-state index contributed by atoms with van der Waals surface area (Å²) in [5.41, 5.74) is 0.868. The lowest BCUT2D eigenvalue weighted by atomic mass is 10.3. The van der Waals surface area contributed by atoms with Gasteiger partial charge in [0.1, 0.15) is 5.52 Å². The molecule has 0 unspecified atom stereocenters. The highest BCUT2D eigenvalue weighted by Crippen LogP contribution is 2.26. The predicted molar refractivity (Wildman–Crippen MR) is 51.9 cm³/mol. The molecular weight excluding hydrogens is 196 g/mol. The number of hydrogen-bond donors (Lipinski definition) is 2. The average Bonchev–Trinajstić information content (AvgIpc) is 2.34. The maximum atomic E-state index is 4.27. The van der Waals surface area contributed by atoms with Crippen molar-refractivity contribution >= 4 is 47.0 Å². The van der Waals surface area contributed by atoms with Crippen molar-refractivity contribution < 1.29 is 0 Å². The largest absolute Gasteiger partial charge is 0.143 e. The van der Waals surface area contributed by atoms with Gasteiger partial charge in [0.15, 0.2) is 0 Å². The molecule has 0 atom stereocenters. The summed E-state index contributed by atoms with van der Waals surface area (Å²) in [5, 5.41) is 3.91. The van der Waals surface area contributed by atoms with Crippen LogP contribution in [0.5, 0.6) is 0 Å². The molecule has 0 bridgehead atoms. The van der Waals surface area contributed by atoms with Crippen LogP contribution in [0.2, 0.25) is 0 Å². The van der Waals surface area contributed by atoms with Crippen LogP contribution in [0, 0.1) is 0 Å². The van der Waals surface area contributed by atoms with Crippen LogP contribution in [0.4, 0.5) is 0 Å². The molecule has 1 aromatic heterocycles. The van der Waals surface area contributed by atoms with Gasteiger partial charge >= 0.3 is 0 Å². The van der Waals surface area contributed by atoms with E-state index in [0.29, 0.717) is 0 Å². The standard InChI is InChI=1S/C6H4N2S3/c9-3-1-4-6(5(10)2-3)11-8-7-4/h1-2,9-10H. The molecule has 2 aromatic rings. The van der Waals surface area contributed by atoms with Gasteiger partial charge < -0.3 is 0 Å². The molecule has 0 aliphatic heterocycles. The number of hydrogen-bond acceptors (Lipinski definition) is 5. The molecule has 2 rings (SSSR count). The first-order valence-corrected chi connectivity index (χ1v) is 4.58. The van der Waals surface area contributed by atoms with Crippen LogP contribution in [-0.2, 0) is 0 Å². The molecule has 1 aromatic carbocycles. The fourth-order valence-corrected chi connectivity index (χ4v) is 2.14. The van der Waals surface area contributed by atoms with Crippen LogP contribution in [0.15, 0.2) is 21.9 Å². The molecule has 0 saturated carbocycles. The van der Waals surface area contributed by atoms with Gasteiger partial charge in [-0.05, 0) is 23.7 Å². The Hall–Kier alpha value is -0.260. The minimum atomic E-state index is 0.868. The maximum Gasteiger partial charge on any atom is 0.108 e. The predicted octanol–water partition coefficient (Wildman–Crippen LogP) is 2.27. The smallest absolute Gasteiger partial charge is 0.108 e. The van der Waals surface area contributed by atoms with Crippen molar-refractivity contribution in [2.24, 2.45) is 0 Å². The van der Waals surface area contributed by atoms with E-state index in [1.807, 2.05) is 12.1 Å². The first kappa shape index (κ1) is 7.39. The molecule has 0 saturated heterocycles. The highest BCUT2D eigenvalue weighted by molar-refractivity contribution is 7.81. The molecular formula is C6H4N2S3. The van der Waals surface area contributed by atoms with Gasteiger partial charge in [-0.25, -0.2) is 0 Å². The van der Waals surface area contributed by atoms with Crippen LogP contribution in [-0.4, -0.2) is 9.59 Å². The molecule has 1 heterocycles. The van der Waals surface area contributed by atoms with Gasteiger partial charge in [0.25, 0.3) is 0 Å². The third kappa shape index (κ3) is 1.23. The van der Waals surface area contributed by atoms with Crippen LogP contribution in [0.3, 0.4) is 0 Å². The lowest BCUT2D eigenvalue weighted by Gasteiger charge is -1.93. The minimum Gasteiger partial charge on any atom is -0.143 e. The van der Waals surface area contributed by atoms with Gasteiger partial charge in [0, 0.05) is 9.79 Å². The van der Waals surface area contributed by atoms with E-state index in [4.69, 9.17) is 0 Å². The van der Waals surface area contributed by atoms with Crippen molar-refractivity contribution in [1.29, 1.82) is 0 Å². The summed E-state index contributed by atoms with van der Waals surface area (Å²) in [6.45, 7) is 0. The van der Waals surface area contributed by atoms with Crippen molar-refractivity contribution in [1.82, 2.24) is 9.59 Å². The number of benzene rings is 1. The minimum absolute atomic E-state index is 0.868. The molecule has 0 amide bonds. The molecule has 0 fully saturated rings. The lowest BCUT2D eigenvalue weighted by molar-refractivity contribution is 1.19. The molecule has 56 valence electrons. The Morgan fingerprint density at radius 2 is 2.09 bits per heavy atom. The Labute approximate surface area is 78.6 Å². The molecule has 0 aliphatic carbocycles. The van der Waals surface area contributed by atoms with Gasteiger partial charge in [-0.2, -0.15) is 0 Å². The van der Waals surface area contributed by atoms with Crippen molar-refractivity contribution in [2.45, 2.75) is 9.79 Å². The highest BCUT2D eigenvalue weighted by atomic mass is 32.1. The summed E-state index contributed by atoms with van der Waals surface area (Å²) in [6, 6.07) is 3.76. The van der Waals surface area contributed by atoms with Gasteiger partial charge in [-0.1, -0.05) is 4.49 Å². The van der Waals surface area contributed by atoms with E-state index in [1.165, 1.54) is 11.5 Å². The lowest BCUT2D eigenvalue weighted by Crippen LogP contribution is -1.71. The van der Waals surface area contributed by atoms with Gasteiger partial charge in [-0.15, -0.1) is 30.4 Å². The first-order valence-electron chi connectivity index (χ1n) is 2.91. The summed E-state index contributed by atoms with van der Waals surface area (Å²) < 4.78 is 4.83. The number of fused-ring (bicyclic) bond motifs is 1. The Kier molecular flexibility index (Phi) is 1.78. The Bertz CT molecular complexity index is 396. The highest BCUT2D eigenvalue weighted by Gasteiger charge is 2.02. The van der Waals surface area contributed by atoms with Gasteiger partial charge in [0.2, 0.25) is 0 Å². The number of rotatable bonds is 0. The van der Waals surface area contributed by atoms with Crippen molar-refractivity contribution in [3.63, 3.8) is 0 Å². The summed E-state index contributed by atoms with van der Waals surface area (Å²) in [5.74, 6) is 0. The summed E-state index contributed by atoms with van der Waals surface area (Å²) >= 11 is 9.81. The molecule has 2 nitrogen and oxygen atoms in total. The Balaban J connectivity index is 2.91. The normalized spacial score (nSPS) is 10.7. The molecule has 0 N–H and O–H groups in total. The van der Waals surface area contributed by atoms with Crippen molar-refractivity contribution in [2.75, 3.05) is 0 Å². The number of nitrogens with zero attached hydrogens (tertiary/aromatic N) is 2. The molecule has 0 aliphatic rings. The Morgan fingerprint density at radius 1 is 1.27 bits per heavy atom. The van der Waals surface area contributed by atoms with Crippen LogP contribution in [0.25, 0.3) is 10.2 Å². The topological polar surface area (TPSA) is 25.8 Å². The quantitative estimate of drug-likeness (QED) is 0.638. The maximum absolute atomic E-state index is 4.27. The van der Waals surface area contributed by atoms with E-state index < -0.39 is 0 Å². The van der Waals surface area contributed by atoms with E-state index in [2.05, 4.69) is 34.8 Å². The second kappa shape index (κ2) is 2.66. The fourth-order valence-electron chi connectivity index (χ4n) is 0.857. The summed E-state index contributed by atoms with van der Waals surface area (Å²) in [6.07, 6.45) is 0. The number of aromatic nitrogens is 2.